The monoisotopic (exact) mass is 472 g/mol. The van der Waals surface area contributed by atoms with Crippen molar-refractivity contribution in [2.45, 2.75) is 59.1 Å². The Labute approximate surface area is 200 Å². The molecule has 0 aromatic heterocycles. The summed E-state index contributed by atoms with van der Waals surface area (Å²) in [5.74, 6) is 0.551. The predicted molar refractivity (Wildman–Crippen MR) is 134 cm³/mol. The molecule has 0 heterocycles. The van der Waals surface area contributed by atoms with Gasteiger partial charge in [0, 0.05) is 12.1 Å². The summed E-state index contributed by atoms with van der Waals surface area (Å²) in [6, 6.07) is 14.8. The van der Waals surface area contributed by atoms with Crippen LogP contribution in [0.1, 0.15) is 57.1 Å². The average Bonchev–Trinajstić information content (AvgIpc) is 2.74. The Morgan fingerprint density at radius 2 is 1.55 bits per heavy atom. The maximum Gasteiger partial charge on any atom is 0.129 e. The summed E-state index contributed by atoms with van der Waals surface area (Å²) in [7, 11) is 0. The minimum absolute atomic E-state index is 0. The number of nitrogens with one attached hydrogen (secondary N) is 1. The maximum absolute atomic E-state index is 13.7. The molecule has 0 aliphatic rings. The van der Waals surface area contributed by atoms with Crippen LogP contribution in [0, 0.1) is 5.82 Å². The molecule has 0 fully saturated rings. The van der Waals surface area contributed by atoms with Crippen molar-refractivity contribution in [2.24, 2.45) is 0 Å². The lowest BCUT2D eigenvalue weighted by Gasteiger charge is -2.22. The van der Waals surface area contributed by atoms with E-state index in [-0.39, 0.29) is 37.2 Å². The van der Waals surface area contributed by atoms with Crippen molar-refractivity contribution in [3.8, 4) is 5.75 Å². The molecule has 1 N–H and O–H groups in total. The molecule has 176 valence electrons. The molecule has 0 aliphatic carbocycles. The normalized spacial score (nSPS) is 10.5. The van der Waals surface area contributed by atoms with E-state index in [2.05, 4.69) is 30.1 Å². The largest absolute Gasteiger partial charge is 0.489 e. The highest BCUT2D eigenvalue weighted by Crippen LogP contribution is 2.16. The molecule has 2 rings (SSSR count). The fourth-order valence-corrected chi connectivity index (χ4v) is 3.28. The van der Waals surface area contributed by atoms with Crippen LogP contribution in [0.5, 0.6) is 5.75 Å². The van der Waals surface area contributed by atoms with E-state index in [1.807, 2.05) is 24.3 Å². The Morgan fingerprint density at radius 1 is 0.871 bits per heavy atom. The van der Waals surface area contributed by atoms with Gasteiger partial charge in [0.15, 0.2) is 0 Å². The van der Waals surface area contributed by atoms with Gasteiger partial charge < -0.3 is 15.0 Å². The van der Waals surface area contributed by atoms with Crippen molar-refractivity contribution >= 4 is 24.8 Å². The molecule has 0 saturated heterocycles. The standard InChI is InChI=1S/C25H37FN2O.2ClH/c1-3-5-16-28(17-6-4-2)18-10-15-27-20-22-11-9-13-24(19-22)29-21-23-12-7-8-14-25(23)26;;/h7-9,11-14,19,27H,3-6,10,15-18,20-21H2,1-2H3;2*1H. The summed E-state index contributed by atoms with van der Waals surface area (Å²) in [5, 5.41) is 3.54. The number of halogens is 3. The van der Waals surface area contributed by atoms with Crippen molar-refractivity contribution in [3.63, 3.8) is 0 Å². The quantitative estimate of drug-likeness (QED) is 0.294. The van der Waals surface area contributed by atoms with Crippen LogP contribution in [0.15, 0.2) is 48.5 Å². The second-order valence-electron chi connectivity index (χ2n) is 7.61. The third-order valence-electron chi connectivity index (χ3n) is 5.06. The zero-order valence-electron chi connectivity index (χ0n) is 18.9. The second kappa shape index (κ2) is 18.3. The SMILES string of the molecule is CCCCN(CCCC)CCCNCc1cccc(OCc2ccccc2F)c1.Cl.Cl. The van der Waals surface area contributed by atoms with Gasteiger partial charge in [0.2, 0.25) is 0 Å². The average molecular weight is 474 g/mol. The fraction of sp³-hybridized carbons (Fsp3) is 0.520. The van der Waals surface area contributed by atoms with Gasteiger partial charge in [0.25, 0.3) is 0 Å². The smallest absolute Gasteiger partial charge is 0.129 e. The fourth-order valence-electron chi connectivity index (χ4n) is 3.28. The van der Waals surface area contributed by atoms with Crippen LogP contribution in [0.3, 0.4) is 0 Å². The predicted octanol–water partition coefficient (Wildman–Crippen LogP) is 6.63. The van der Waals surface area contributed by atoms with Gasteiger partial charge in [0.05, 0.1) is 0 Å². The Bertz CT molecular complexity index is 695. The van der Waals surface area contributed by atoms with Crippen molar-refractivity contribution in [3.05, 3.63) is 65.5 Å². The van der Waals surface area contributed by atoms with Gasteiger partial charge in [-0.1, -0.05) is 57.0 Å². The van der Waals surface area contributed by atoms with Crippen molar-refractivity contribution in [2.75, 3.05) is 26.2 Å². The number of nitrogens with zero attached hydrogens (tertiary/aromatic N) is 1. The van der Waals surface area contributed by atoms with Crippen molar-refractivity contribution < 1.29 is 9.13 Å². The second-order valence-corrected chi connectivity index (χ2v) is 7.61. The van der Waals surface area contributed by atoms with E-state index in [0.717, 1.165) is 25.3 Å². The highest BCUT2D eigenvalue weighted by Gasteiger charge is 2.04. The van der Waals surface area contributed by atoms with E-state index >= 15 is 0 Å². The minimum Gasteiger partial charge on any atom is -0.489 e. The van der Waals surface area contributed by atoms with Crippen LogP contribution in [-0.2, 0) is 13.2 Å². The van der Waals surface area contributed by atoms with Crippen molar-refractivity contribution in [1.82, 2.24) is 10.2 Å². The first-order valence-corrected chi connectivity index (χ1v) is 11.1. The number of hydrogen-bond donors (Lipinski definition) is 1. The Morgan fingerprint density at radius 3 is 2.23 bits per heavy atom. The number of unbranched alkanes of at least 4 members (excludes halogenated alkanes) is 2. The van der Waals surface area contributed by atoms with E-state index in [4.69, 9.17) is 4.74 Å². The molecule has 31 heavy (non-hydrogen) atoms. The summed E-state index contributed by atoms with van der Waals surface area (Å²) >= 11 is 0. The lowest BCUT2D eigenvalue weighted by atomic mass is 10.2. The Hall–Kier alpha value is -1.33. The number of ether oxygens (including phenoxy) is 1. The van der Waals surface area contributed by atoms with Crippen LogP contribution >= 0.6 is 24.8 Å². The molecular weight excluding hydrogens is 434 g/mol. The lowest BCUT2D eigenvalue weighted by molar-refractivity contribution is 0.261. The van der Waals surface area contributed by atoms with Crippen LogP contribution in [0.2, 0.25) is 0 Å². The van der Waals surface area contributed by atoms with E-state index in [0.29, 0.717) is 5.56 Å². The molecule has 0 aliphatic heterocycles. The molecule has 0 unspecified atom stereocenters. The molecule has 0 bridgehead atoms. The highest BCUT2D eigenvalue weighted by atomic mass is 35.5. The number of hydrogen-bond acceptors (Lipinski definition) is 3. The molecular formula is C25H39Cl2FN2O. The van der Waals surface area contributed by atoms with Gasteiger partial charge in [-0.15, -0.1) is 24.8 Å². The van der Waals surface area contributed by atoms with Gasteiger partial charge in [-0.05, 0) is 69.2 Å². The van der Waals surface area contributed by atoms with Gasteiger partial charge in [-0.25, -0.2) is 4.39 Å². The van der Waals surface area contributed by atoms with Crippen LogP contribution in [0.25, 0.3) is 0 Å². The zero-order chi connectivity index (χ0) is 20.7. The highest BCUT2D eigenvalue weighted by molar-refractivity contribution is 5.85. The Balaban J connectivity index is 0.00000450. The molecule has 3 nitrogen and oxygen atoms in total. The van der Waals surface area contributed by atoms with Crippen LogP contribution < -0.4 is 10.1 Å². The molecule has 2 aromatic carbocycles. The van der Waals surface area contributed by atoms with E-state index < -0.39 is 0 Å². The molecule has 0 spiro atoms. The van der Waals surface area contributed by atoms with Crippen molar-refractivity contribution in [1.29, 1.82) is 0 Å². The molecule has 6 heteroatoms. The van der Waals surface area contributed by atoms with Gasteiger partial charge in [-0.2, -0.15) is 0 Å². The maximum atomic E-state index is 13.7. The molecule has 0 atom stereocenters. The summed E-state index contributed by atoms with van der Waals surface area (Å²) < 4.78 is 19.5. The zero-order valence-corrected chi connectivity index (χ0v) is 20.6. The minimum atomic E-state index is -0.225. The topological polar surface area (TPSA) is 24.5 Å². The summed E-state index contributed by atoms with van der Waals surface area (Å²) in [6.07, 6.45) is 6.26. The summed E-state index contributed by atoms with van der Waals surface area (Å²) in [6.45, 7) is 10.2. The number of benzene rings is 2. The van der Waals surface area contributed by atoms with Gasteiger partial charge >= 0.3 is 0 Å². The first-order chi connectivity index (χ1) is 14.2. The molecule has 0 saturated carbocycles. The Kier molecular flexibility index (Phi) is 17.5. The molecule has 0 amide bonds. The van der Waals surface area contributed by atoms with Crippen LogP contribution in [0.4, 0.5) is 4.39 Å². The number of rotatable bonds is 15. The van der Waals surface area contributed by atoms with E-state index in [1.165, 1.54) is 56.9 Å². The van der Waals surface area contributed by atoms with Gasteiger partial charge in [-0.3, -0.25) is 0 Å². The third-order valence-corrected chi connectivity index (χ3v) is 5.06. The van der Waals surface area contributed by atoms with Crippen LogP contribution in [-0.4, -0.2) is 31.1 Å². The van der Waals surface area contributed by atoms with E-state index in [1.54, 1.807) is 12.1 Å². The first kappa shape index (κ1) is 29.7. The molecule has 0 radical (unpaired) electrons. The van der Waals surface area contributed by atoms with E-state index in [9.17, 15) is 4.39 Å². The first-order valence-electron chi connectivity index (χ1n) is 11.1. The lowest BCUT2D eigenvalue weighted by Crippen LogP contribution is -2.29. The molecule has 2 aromatic rings. The summed E-state index contributed by atoms with van der Waals surface area (Å²) in [4.78, 5) is 2.60. The summed E-state index contributed by atoms with van der Waals surface area (Å²) in [5.41, 5.74) is 1.76. The van der Waals surface area contributed by atoms with Gasteiger partial charge in [0.1, 0.15) is 18.2 Å². The third kappa shape index (κ3) is 12.3.